The minimum absolute atomic E-state index is 0.525. The molecule has 14 heavy (non-hydrogen) atoms. The Hall–Kier alpha value is -1.27. The minimum atomic E-state index is -2.14. The zero-order valence-corrected chi connectivity index (χ0v) is 6.97. The third-order valence-corrected chi connectivity index (χ3v) is 1.79. The molecule has 1 rings (SSSR count). The Balaban J connectivity index is 3.60. The first-order chi connectivity index (χ1) is 6.37. The summed E-state index contributed by atoms with van der Waals surface area (Å²) >= 11 is 0. The lowest BCUT2D eigenvalue weighted by Gasteiger charge is -2.14. The number of aromatic hydroxyl groups is 3. The largest absolute Gasteiger partial charge is 0.509 e. The topological polar surface area (TPSA) is 101 Å². The predicted molar refractivity (Wildman–Crippen MR) is 52.0 cm³/mol. The number of rotatable bonds is 1. The van der Waals surface area contributed by atoms with E-state index in [2.05, 4.69) is 0 Å². The molecule has 0 aliphatic carbocycles. The Bertz CT molecular complexity index is 349. The molecule has 0 saturated heterocycles. The summed E-state index contributed by atoms with van der Waals surface area (Å²) in [4.78, 5) is 0. The van der Waals surface area contributed by atoms with E-state index in [0.717, 1.165) is 0 Å². The molecule has 0 atom stereocenters. The SMILES string of the molecule is [B]c1c(O)c([B])c(O)c(B(O)O)c1O. The van der Waals surface area contributed by atoms with Gasteiger partial charge in [0.05, 0.1) is 5.46 Å². The summed E-state index contributed by atoms with van der Waals surface area (Å²) in [5.41, 5.74) is -1.69. The van der Waals surface area contributed by atoms with Crippen LogP contribution < -0.4 is 16.4 Å². The van der Waals surface area contributed by atoms with Crippen LogP contribution in [0.4, 0.5) is 0 Å². The summed E-state index contributed by atoms with van der Waals surface area (Å²) < 4.78 is 0. The fraction of sp³-hybridized carbons (Fsp3) is 0. The highest BCUT2D eigenvalue weighted by molar-refractivity contribution is 6.63. The van der Waals surface area contributed by atoms with Crippen LogP contribution in [0.3, 0.4) is 0 Å². The lowest BCUT2D eigenvalue weighted by atomic mass is 9.71. The van der Waals surface area contributed by atoms with E-state index in [4.69, 9.17) is 30.8 Å². The maximum atomic E-state index is 9.23. The van der Waals surface area contributed by atoms with Gasteiger partial charge < -0.3 is 25.4 Å². The van der Waals surface area contributed by atoms with Crippen molar-refractivity contribution < 1.29 is 25.4 Å². The first-order valence-corrected chi connectivity index (χ1v) is 3.55. The highest BCUT2D eigenvalue weighted by atomic mass is 16.4. The van der Waals surface area contributed by atoms with Crippen LogP contribution in [-0.4, -0.2) is 48.2 Å². The Labute approximate surface area is 82.6 Å². The van der Waals surface area contributed by atoms with E-state index in [1.54, 1.807) is 0 Å². The summed E-state index contributed by atoms with van der Waals surface area (Å²) in [6, 6.07) is 0. The van der Waals surface area contributed by atoms with E-state index < -0.39 is 40.8 Å². The quantitative estimate of drug-likeness (QED) is 0.291. The molecule has 0 aliphatic heterocycles. The second-order valence-electron chi connectivity index (χ2n) is 2.66. The molecule has 5 nitrogen and oxygen atoms in total. The standard InChI is InChI=1S/C6H5B3O5/c7-1-4(10)2(8)6(12)3(5(1)11)9(13)14/h10-14H. The average Bonchev–Trinajstić information content (AvgIpc) is 2.11. The fourth-order valence-corrected chi connectivity index (χ4v) is 1.02. The molecule has 0 heterocycles. The molecule has 0 amide bonds. The van der Waals surface area contributed by atoms with Gasteiger partial charge in [0.1, 0.15) is 32.9 Å². The second-order valence-corrected chi connectivity index (χ2v) is 2.66. The molecule has 0 fully saturated rings. The molecular weight excluding hydrogens is 184 g/mol. The molecule has 0 unspecified atom stereocenters. The van der Waals surface area contributed by atoms with Crippen molar-refractivity contribution in [1.82, 2.24) is 0 Å². The van der Waals surface area contributed by atoms with E-state index in [1.807, 2.05) is 0 Å². The Morgan fingerprint density at radius 2 is 1.14 bits per heavy atom. The van der Waals surface area contributed by atoms with Gasteiger partial charge in [0.2, 0.25) is 0 Å². The van der Waals surface area contributed by atoms with Gasteiger partial charge in [-0.2, -0.15) is 0 Å². The Kier molecular flexibility index (Phi) is 2.68. The first kappa shape index (κ1) is 10.8. The maximum absolute atomic E-state index is 9.23. The van der Waals surface area contributed by atoms with Crippen LogP contribution in [0.5, 0.6) is 17.2 Å². The highest BCUT2D eigenvalue weighted by Gasteiger charge is 2.25. The van der Waals surface area contributed by atoms with Crippen LogP contribution in [0, 0.1) is 0 Å². The van der Waals surface area contributed by atoms with Crippen LogP contribution in [0.25, 0.3) is 0 Å². The van der Waals surface area contributed by atoms with E-state index in [-0.39, 0.29) is 0 Å². The molecule has 0 aromatic heterocycles. The molecular formula is C6H5B3O5. The molecule has 68 valence electrons. The number of benzene rings is 1. The number of hydrogen-bond donors (Lipinski definition) is 5. The third-order valence-electron chi connectivity index (χ3n) is 1.79. The van der Waals surface area contributed by atoms with Gasteiger partial charge in [-0.3, -0.25) is 0 Å². The second kappa shape index (κ2) is 3.47. The number of phenols is 3. The summed E-state index contributed by atoms with van der Waals surface area (Å²) in [6.45, 7) is 0. The van der Waals surface area contributed by atoms with E-state index in [1.165, 1.54) is 0 Å². The Morgan fingerprint density at radius 3 is 1.43 bits per heavy atom. The zero-order chi connectivity index (χ0) is 11.0. The fourth-order valence-electron chi connectivity index (χ4n) is 1.02. The van der Waals surface area contributed by atoms with Gasteiger partial charge in [-0.25, -0.2) is 0 Å². The van der Waals surface area contributed by atoms with Crippen molar-refractivity contribution >= 4 is 39.2 Å². The molecule has 5 N–H and O–H groups in total. The predicted octanol–water partition coefficient (Wildman–Crippen LogP) is -3.93. The zero-order valence-electron chi connectivity index (χ0n) is 6.97. The molecule has 1 aromatic carbocycles. The van der Waals surface area contributed by atoms with E-state index in [9.17, 15) is 10.2 Å². The van der Waals surface area contributed by atoms with Gasteiger partial charge in [0.15, 0.2) is 0 Å². The van der Waals surface area contributed by atoms with Crippen molar-refractivity contribution in [3.8, 4) is 17.2 Å². The smallest absolute Gasteiger partial charge is 0.496 e. The van der Waals surface area contributed by atoms with Crippen LogP contribution in [0.1, 0.15) is 0 Å². The average molecular weight is 190 g/mol. The summed E-state index contributed by atoms with van der Waals surface area (Å²) in [5.74, 6) is -2.34. The third kappa shape index (κ3) is 1.42. The van der Waals surface area contributed by atoms with E-state index >= 15 is 0 Å². The summed E-state index contributed by atoms with van der Waals surface area (Å²) in [5, 5.41) is 45.1. The molecule has 0 aliphatic rings. The molecule has 0 bridgehead atoms. The van der Waals surface area contributed by atoms with Crippen molar-refractivity contribution in [2.45, 2.75) is 0 Å². The van der Waals surface area contributed by atoms with Crippen LogP contribution in [-0.2, 0) is 0 Å². The van der Waals surface area contributed by atoms with Crippen molar-refractivity contribution in [3.05, 3.63) is 0 Å². The summed E-state index contributed by atoms with van der Waals surface area (Å²) in [6.07, 6.45) is 0. The van der Waals surface area contributed by atoms with Gasteiger partial charge in [0, 0.05) is 0 Å². The van der Waals surface area contributed by atoms with Crippen LogP contribution in [0.2, 0.25) is 0 Å². The summed E-state index contributed by atoms with van der Waals surface area (Å²) in [7, 11) is 8.22. The van der Waals surface area contributed by atoms with Crippen molar-refractivity contribution in [3.63, 3.8) is 0 Å². The van der Waals surface area contributed by atoms with Gasteiger partial charge in [-0.05, 0) is 10.9 Å². The van der Waals surface area contributed by atoms with Crippen LogP contribution in [0.15, 0.2) is 0 Å². The van der Waals surface area contributed by atoms with Crippen molar-refractivity contribution in [2.24, 2.45) is 0 Å². The van der Waals surface area contributed by atoms with Crippen molar-refractivity contribution in [1.29, 1.82) is 0 Å². The van der Waals surface area contributed by atoms with Gasteiger partial charge in [0.25, 0.3) is 0 Å². The lowest BCUT2D eigenvalue weighted by Crippen LogP contribution is -2.37. The molecule has 4 radical (unpaired) electrons. The van der Waals surface area contributed by atoms with Crippen molar-refractivity contribution in [2.75, 3.05) is 0 Å². The normalized spacial score (nSPS) is 10.1. The maximum Gasteiger partial charge on any atom is 0.496 e. The molecule has 0 spiro atoms. The lowest BCUT2D eigenvalue weighted by molar-refractivity contribution is 0.410. The highest BCUT2D eigenvalue weighted by Crippen LogP contribution is 2.16. The van der Waals surface area contributed by atoms with Crippen LogP contribution >= 0.6 is 0 Å². The van der Waals surface area contributed by atoms with Gasteiger partial charge in [-0.1, -0.05) is 0 Å². The van der Waals surface area contributed by atoms with E-state index in [0.29, 0.717) is 0 Å². The Morgan fingerprint density at radius 1 is 0.786 bits per heavy atom. The number of hydrogen-bond acceptors (Lipinski definition) is 5. The minimum Gasteiger partial charge on any atom is -0.509 e. The first-order valence-electron chi connectivity index (χ1n) is 3.55. The molecule has 8 heteroatoms. The number of phenolic OH excluding ortho intramolecular Hbond substituents is 3. The van der Waals surface area contributed by atoms with Gasteiger partial charge in [-0.15, -0.1) is 0 Å². The van der Waals surface area contributed by atoms with Gasteiger partial charge >= 0.3 is 7.12 Å². The monoisotopic (exact) mass is 190 g/mol. The molecule has 1 aromatic rings. The molecule has 0 saturated carbocycles.